The molecular formula is C13H15N3O6. The van der Waals surface area contributed by atoms with Gasteiger partial charge in [-0.25, -0.2) is 4.79 Å². The number of ether oxygens (including phenoxy) is 3. The first-order valence-corrected chi connectivity index (χ1v) is 6.71. The van der Waals surface area contributed by atoms with Crippen molar-refractivity contribution in [2.75, 3.05) is 6.61 Å². The second-order valence-electron chi connectivity index (χ2n) is 5.65. The van der Waals surface area contributed by atoms with Crippen LogP contribution in [0.2, 0.25) is 0 Å². The van der Waals surface area contributed by atoms with Gasteiger partial charge in [0.2, 0.25) is 0 Å². The zero-order valence-corrected chi connectivity index (χ0v) is 12.0. The quantitative estimate of drug-likeness (QED) is 0.689. The lowest BCUT2D eigenvalue weighted by molar-refractivity contribution is -0.218. The minimum absolute atomic E-state index is 0.401. The van der Waals surface area contributed by atoms with Gasteiger partial charge < -0.3 is 19.3 Å². The van der Waals surface area contributed by atoms with Crippen molar-refractivity contribution >= 4 is 0 Å². The van der Waals surface area contributed by atoms with Crippen molar-refractivity contribution in [1.29, 1.82) is 5.26 Å². The van der Waals surface area contributed by atoms with Crippen molar-refractivity contribution in [1.82, 2.24) is 9.55 Å². The molecule has 2 saturated heterocycles. The maximum Gasteiger partial charge on any atom is 0.331 e. The van der Waals surface area contributed by atoms with E-state index in [0.717, 1.165) is 16.8 Å². The summed E-state index contributed by atoms with van der Waals surface area (Å²) in [6.45, 7) is 2.93. The molecule has 1 aromatic rings. The summed E-state index contributed by atoms with van der Waals surface area (Å²) in [5.41, 5.74) is -3.22. The second-order valence-corrected chi connectivity index (χ2v) is 5.65. The Morgan fingerprint density at radius 2 is 2.14 bits per heavy atom. The summed E-state index contributed by atoms with van der Waals surface area (Å²) in [6.07, 6.45) is -1.30. The third-order valence-corrected chi connectivity index (χ3v) is 3.73. The summed E-state index contributed by atoms with van der Waals surface area (Å²) in [5.74, 6) is -0.986. The van der Waals surface area contributed by atoms with Gasteiger partial charge in [-0.3, -0.25) is 14.3 Å². The van der Waals surface area contributed by atoms with Gasteiger partial charge in [0.15, 0.2) is 11.9 Å². The third-order valence-electron chi connectivity index (χ3n) is 3.73. The van der Waals surface area contributed by atoms with Gasteiger partial charge in [-0.2, -0.15) is 5.26 Å². The normalized spacial score (nSPS) is 36.0. The summed E-state index contributed by atoms with van der Waals surface area (Å²) in [7, 11) is 0. The van der Waals surface area contributed by atoms with Crippen LogP contribution in [0.1, 0.15) is 13.8 Å². The Morgan fingerprint density at radius 1 is 1.41 bits per heavy atom. The van der Waals surface area contributed by atoms with Crippen LogP contribution in [0.15, 0.2) is 21.9 Å². The van der Waals surface area contributed by atoms with E-state index in [1.807, 2.05) is 6.07 Å². The molecule has 0 aromatic carbocycles. The van der Waals surface area contributed by atoms with E-state index in [1.54, 1.807) is 13.8 Å². The summed E-state index contributed by atoms with van der Waals surface area (Å²) in [5, 5.41) is 19.1. The highest BCUT2D eigenvalue weighted by molar-refractivity contribution is 5.15. The fourth-order valence-corrected chi connectivity index (χ4v) is 2.89. The second kappa shape index (κ2) is 4.76. The Balaban J connectivity index is 2.15. The number of aliphatic hydroxyl groups excluding tert-OH is 1. The summed E-state index contributed by atoms with van der Waals surface area (Å²) in [4.78, 5) is 25.3. The zero-order valence-electron chi connectivity index (χ0n) is 12.0. The summed E-state index contributed by atoms with van der Waals surface area (Å²) < 4.78 is 17.9. The lowest BCUT2D eigenvalue weighted by Crippen LogP contribution is -2.50. The molecule has 0 amide bonds. The minimum Gasteiger partial charge on any atom is -0.394 e. The van der Waals surface area contributed by atoms with E-state index in [4.69, 9.17) is 14.2 Å². The molecule has 0 spiro atoms. The van der Waals surface area contributed by atoms with Gasteiger partial charge in [-0.05, 0) is 13.8 Å². The fraction of sp³-hybridized carbons (Fsp3) is 0.615. The van der Waals surface area contributed by atoms with E-state index >= 15 is 0 Å². The first-order valence-electron chi connectivity index (χ1n) is 6.71. The van der Waals surface area contributed by atoms with E-state index in [0.29, 0.717) is 0 Å². The number of aliphatic hydroxyl groups is 1. The lowest BCUT2D eigenvalue weighted by atomic mass is 10.0. The highest BCUT2D eigenvalue weighted by Gasteiger charge is 2.65. The molecular weight excluding hydrogens is 294 g/mol. The van der Waals surface area contributed by atoms with E-state index in [9.17, 15) is 20.0 Å². The molecule has 0 aliphatic carbocycles. The van der Waals surface area contributed by atoms with Crippen molar-refractivity contribution in [3.63, 3.8) is 0 Å². The van der Waals surface area contributed by atoms with Crippen LogP contribution in [0, 0.1) is 11.3 Å². The van der Waals surface area contributed by atoms with Gasteiger partial charge in [0.05, 0.1) is 6.61 Å². The van der Waals surface area contributed by atoms with Crippen LogP contribution >= 0.6 is 0 Å². The van der Waals surface area contributed by atoms with Crippen molar-refractivity contribution < 1.29 is 19.3 Å². The molecule has 22 heavy (non-hydrogen) atoms. The number of rotatable bonds is 2. The Labute approximate surface area is 124 Å². The summed E-state index contributed by atoms with van der Waals surface area (Å²) in [6, 6.07) is 3.03. The molecule has 2 aliphatic rings. The molecule has 2 fully saturated rings. The number of hydrogen-bond acceptors (Lipinski definition) is 7. The first-order chi connectivity index (χ1) is 10.3. The Kier molecular flexibility index (Phi) is 3.23. The number of hydrogen-bond donors (Lipinski definition) is 2. The molecule has 4 atom stereocenters. The van der Waals surface area contributed by atoms with Crippen LogP contribution in [0.5, 0.6) is 0 Å². The van der Waals surface area contributed by atoms with E-state index < -0.39 is 47.7 Å². The van der Waals surface area contributed by atoms with Crippen molar-refractivity contribution in [3.05, 3.63) is 33.1 Å². The molecule has 3 rings (SSSR count). The topological polar surface area (TPSA) is 127 Å². The van der Waals surface area contributed by atoms with E-state index in [2.05, 4.69) is 4.98 Å². The van der Waals surface area contributed by atoms with E-state index in [-0.39, 0.29) is 0 Å². The molecule has 3 heterocycles. The van der Waals surface area contributed by atoms with Crippen molar-refractivity contribution in [3.8, 4) is 6.07 Å². The Hall–Kier alpha value is -1.99. The fourth-order valence-electron chi connectivity index (χ4n) is 2.89. The monoisotopic (exact) mass is 309 g/mol. The molecule has 118 valence electrons. The Morgan fingerprint density at radius 3 is 2.73 bits per heavy atom. The highest BCUT2D eigenvalue weighted by Crippen LogP contribution is 2.45. The number of fused-ring (bicyclic) bond motifs is 1. The number of aromatic nitrogens is 2. The predicted octanol–water partition coefficient (Wildman–Crippen LogP) is -1.38. The molecule has 0 bridgehead atoms. The number of H-pyrrole nitrogens is 1. The predicted molar refractivity (Wildman–Crippen MR) is 70.7 cm³/mol. The molecule has 2 aliphatic heterocycles. The highest BCUT2D eigenvalue weighted by atomic mass is 16.8. The van der Waals surface area contributed by atoms with Gasteiger partial charge in [0.1, 0.15) is 18.3 Å². The van der Waals surface area contributed by atoms with Crippen LogP contribution in [0.25, 0.3) is 0 Å². The SMILES string of the molecule is CC1(C)O[C@@H]2C(CO)O[C@@](C#N)(n3ccc(=O)[nH]c3=O)[C@@H]2O1. The maximum absolute atomic E-state index is 12.1. The van der Waals surface area contributed by atoms with Crippen LogP contribution in [0.3, 0.4) is 0 Å². The average Bonchev–Trinajstić information content (AvgIpc) is 2.91. The van der Waals surface area contributed by atoms with Gasteiger partial charge in [0.25, 0.3) is 11.3 Å². The van der Waals surface area contributed by atoms with Gasteiger partial charge >= 0.3 is 5.69 Å². The number of nitrogens with zero attached hydrogens (tertiary/aromatic N) is 2. The third kappa shape index (κ3) is 2.00. The summed E-state index contributed by atoms with van der Waals surface area (Å²) >= 11 is 0. The lowest BCUT2D eigenvalue weighted by Gasteiger charge is -2.29. The van der Waals surface area contributed by atoms with E-state index in [1.165, 1.54) is 0 Å². The number of aromatic amines is 1. The number of nitriles is 1. The molecule has 0 saturated carbocycles. The molecule has 9 heteroatoms. The van der Waals surface area contributed by atoms with Gasteiger partial charge in [-0.1, -0.05) is 0 Å². The molecule has 1 aromatic heterocycles. The van der Waals surface area contributed by atoms with Crippen LogP contribution < -0.4 is 11.2 Å². The number of nitrogens with one attached hydrogen (secondary N) is 1. The van der Waals surface area contributed by atoms with Gasteiger partial charge in [0, 0.05) is 12.3 Å². The van der Waals surface area contributed by atoms with Crippen molar-refractivity contribution in [2.45, 2.75) is 43.7 Å². The largest absolute Gasteiger partial charge is 0.394 e. The van der Waals surface area contributed by atoms with Crippen molar-refractivity contribution in [2.24, 2.45) is 0 Å². The molecule has 9 nitrogen and oxygen atoms in total. The molecule has 1 unspecified atom stereocenters. The van der Waals surface area contributed by atoms with Crippen LogP contribution in [-0.4, -0.2) is 45.4 Å². The standard InChI is InChI=1S/C13H15N3O6/c1-12(2)21-9-7(5-17)20-13(6-14,10(9)22-12)16-4-3-8(18)15-11(16)19/h3-4,7,9-10,17H,5H2,1-2H3,(H,15,18,19)/t7?,9-,10-,13-/m1/s1. The molecule has 2 N–H and O–H groups in total. The molecule has 0 radical (unpaired) electrons. The minimum atomic E-state index is -1.83. The van der Waals surface area contributed by atoms with Gasteiger partial charge in [-0.15, -0.1) is 0 Å². The van der Waals surface area contributed by atoms with Crippen LogP contribution in [-0.2, 0) is 19.9 Å². The maximum atomic E-state index is 12.1. The average molecular weight is 309 g/mol. The van der Waals surface area contributed by atoms with Crippen LogP contribution in [0.4, 0.5) is 0 Å². The zero-order chi connectivity index (χ0) is 16.1. The smallest absolute Gasteiger partial charge is 0.331 e. The first kappa shape index (κ1) is 14.9. The Bertz CT molecular complexity index is 747.